The molecule has 0 rings (SSSR count). The van der Waals surface area contributed by atoms with Gasteiger partial charge in [-0.05, 0) is 19.3 Å². The van der Waals surface area contributed by atoms with E-state index in [1.165, 1.54) is 231 Å². The summed E-state index contributed by atoms with van der Waals surface area (Å²) in [5, 5.41) is 11.8. The van der Waals surface area contributed by atoms with Crippen LogP contribution in [0.4, 0.5) is 0 Å². The first-order valence-corrected chi connectivity index (χ1v) is 30.9. The van der Waals surface area contributed by atoms with Gasteiger partial charge in [0, 0.05) is 12.2 Å². The minimum absolute atomic E-state index is 0.0368. The van der Waals surface area contributed by atoms with Crippen LogP contribution in [0.2, 0.25) is 0 Å². The molecule has 68 heavy (non-hydrogen) atoms. The van der Waals surface area contributed by atoms with Gasteiger partial charge in [0.1, 0.15) is 11.3 Å². The zero-order valence-corrected chi connectivity index (χ0v) is 46.1. The van der Waals surface area contributed by atoms with Crippen molar-refractivity contribution in [2.24, 2.45) is 0 Å². The second kappa shape index (κ2) is 54.6. The Morgan fingerprint density at radius 2 is 0.676 bits per heavy atom. The summed E-state index contributed by atoms with van der Waals surface area (Å²) in [5.41, 5.74) is 0. The number of aliphatic carboxylic acids is 1. The van der Waals surface area contributed by atoms with Gasteiger partial charge in [0.25, 0.3) is 0 Å². The van der Waals surface area contributed by atoms with Crippen LogP contribution in [0, 0.1) is 0 Å². The van der Waals surface area contributed by atoms with Gasteiger partial charge in [-0.2, -0.15) is 0 Å². The third-order valence-corrected chi connectivity index (χ3v) is 15.0. The van der Waals surface area contributed by atoms with E-state index in [0.29, 0.717) is 6.61 Å². The van der Waals surface area contributed by atoms with E-state index in [1.54, 1.807) is 0 Å². The molecule has 0 aromatic heterocycles. The third-order valence-electron chi connectivity index (χ3n) is 13.7. The van der Waals surface area contributed by atoms with E-state index in [0.717, 1.165) is 69.5 Å². The average molecular weight is 981 g/mol. The van der Waals surface area contributed by atoms with Crippen LogP contribution >= 0.6 is 11.8 Å². The summed E-state index contributed by atoms with van der Waals surface area (Å²) in [4.78, 5) is 51.3. The predicted molar refractivity (Wildman–Crippen MR) is 292 cm³/mol. The van der Waals surface area contributed by atoms with Crippen molar-refractivity contribution < 1.29 is 33.8 Å². The van der Waals surface area contributed by atoms with E-state index in [9.17, 15) is 24.3 Å². The first-order valence-electron chi connectivity index (χ1n) is 29.8. The van der Waals surface area contributed by atoms with Crippen LogP contribution in [-0.4, -0.2) is 59.2 Å². The van der Waals surface area contributed by atoms with Gasteiger partial charge in [0.2, 0.25) is 5.91 Å². The van der Waals surface area contributed by atoms with Crippen molar-refractivity contribution >= 4 is 35.6 Å². The first kappa shape index (κ1) is 66.2. The summed E-state index contributed by atoms with van der Waals surface area (Å²) >= 11 is 1.07. The minimum Gasteiger partial charge on any atom is -0.480 e. The maximum atomic E-state index is 13.3. The summed E-state index contributed by atoms with van der Waals surface area (Å²) in [6.07, 6.45) is 56.5. The lowest BCUT2D eigenvalue weighted by Crippen LogP contribution is -2.43. The fourth-order valence-electron chi connectivity index (χ4n) is 9.13. The number of ether oxygens (including phenoxy) is 2. The van der Waals surface area contributed by atoms with E-state index in [1.807, 2.05) is 0 Å². The first-order chi connectivity index (χ1) is 33.3. The van der Waals surface area contributed by atoms with Crippen molar-refractivity contribution in [3.63, 3.8) is 0 Å². The number of amides is 1. The van der Waals surface area contributed by atoms with Gasteiger partial charge in [0.05, 0.1) is 19.6 Å². The van der Waals surface area contributed by atoms with Crippen LogP contribution < -0.4 is 5.32 Å². The molecule has 0 aromatic rings. The van der Waals surface area contributed by atoms with Crippen LogP contribution in [0.5, 0.6) is 0 Å². The van der Waals surface area contributed by atoms with Gasteiger partial charge in [-0.15, -0.1) is 11.8 Å². The van der Waals surface area contributed by atoms with Crippen molar-refractivity contribution in [2.75, 3.05) is 19.0 Å². The highest BCUT2D eigenvalue weighted by molar-refractivity contribution is 8.00. The molecule has 2 N–H and O–H groups in total. The lowest BCUT2D eigenvalue weighted by molar-refractivity contribution is -0.149. The zero-order valence-electron chi connectivity index (χ0n) is 45.3. The van der Waals surface area contributed by atoms with Crippen molar-refractivity contribution in [3.8, 4) is 0 Å². The summed E-state index contributed by atoms with van der Waals surface area (Å²) in [5.74, 6) is -2.46. The van der Waals surface area contributed by atoms with Crippen LogP contribution in [0.25, 0.3) is 0 Å². The minimum atomic E-state index is -1.16. The second-order valence-electron chi connectivity index (χ2n) is 20.5. The van der Waals surface area contributed by atoms with E-state index in [-0.39, 0.29) is 31.1 Å². The monoisotopic (exact) mass is 980 g/mol. The highest BCUT2D eigenvalue weighted by atomic mass is 32.2. The molecule has 9 heteroatoms. The van der Waals surface area contributed by atoms with Crippen molar-refractivity contribution in [1.82, 2.24) is 5.32 Å². The highest BCUT2D eigenvalue weighted by Crippen LogP contribution is 2.21. The normalized spacial score (nSPS) is 12.3. The second-order valence-corrected chi connectivity index (χ2v) is 21.7. The maximum Gasteiger partial charge on any atom is 0.327 e. The Bertz CT molecular complexity index is 1110. The van der Waals surface area contributed by atoms with E-state index in [2.05, 4.69) is 26.1 Å². The van der Waals surface area contributed by atoms with Gasteiger partial charge in [-0.3, -0.25) is 14.4 Å². The Morgan fingerprint density at radius 1 is 0.397 bits per heavy atom. The highest BCUT2D eigenvalue weighted by Gasteiger charge is 2.29. The summed E-state index contributed by atoms with van der Waals surface area (Å²) < 4.78 is 11.2. The molecule has 0 radical (unpaired) electrons. The fraction of sp³-hybridized carbons (Fsp3) is 0.932. The molecule has 402 valence electrons. The SMILES string of the molecule is CCCCCCCCCCCCCCCCCCOC(=O)CC(SCC(NC(=O)CCCCCCCCCCCCCCC)C(=O)O)C(=O)OCCCCCCCCCCCCCCCCCC. The third kappa shape index (κ3) is 49.2. The molecular formula is C59H113NO7S. The summed E-state index contributed by atoms with van der Waals surface area (Å²) in [7, 11) is 0. The van der Waals surface area contributed by atoms with Crippen LogP contribution in [0.1, 0.15) is 323 Å². The molecule has 0 aliphatic rings. The molecule has 0 saturated heterocycles. The molecule has 0 aliphatic heterocycles. The number of carboxylic acids is 1. The molecule has 1 amide bonds. The largest absolute Gasteiger partial charge is 0.480 e. The number of carbonyl (C=O) groups is 4. The number of esters is 2. The molecule has 0 aliphatic carbocycles. The van der Waals surface area contributed by atoms with E-state index < -0.39 is 29.2 Å². The van der Waals surface area contributed by atoms with Gasteiger partial charge in [-0.1, -0.05) is 290 Å². The van der Waals surface area contributed by atoms with E-state index >= 15 is 0 Å². The Balaban J connectivity index is 4.60. The standard InChI is InChI=1S/C59H113NO7S/c1-4-7-10-13-16-19-22-25-27-29-32-35-38-41-44-47-50-66-57(62)52-55(59(65)67-51-48-45-42-39-36-33-30-28-26-23-20-17-14-11-8-5-2)68-53-54(58(63)64)60-56(61)49-46-43-40-37-34-31-24-21-18-15-12-9-6-3/h54-55H,4-53H2,1-3H3,(H,60,61)(H,63,64). The maximum absolute atomic E-state index is 13.3. The Hall–Kier alpha value is -1.77. The lowest BCUT2D eigenvalue weighted by atomic mass is 10.0. The van der Waals surface area contributed by atoms with Gasteiger partial charge < -0.3 is 19.9 Å². The Morgan fingerprint density at radius 3 is 0.985 bits per heavy atom. The fourth-order valence-corrected chi connectivity index (χ4v) is 10.2. The molecule has 2 unspecified atom stereocenters. The molecule has 0 fully saturated rings. The van der Waals surface area contributed by atoms with Crippen molar-refractivity contribution in [2.45, 2.75) is 334 Å². The Labute approximate surface area is 425 Å². The van der Waals surface area contributed by atoms with Crippen LogP contribution in [0.3, 0.4) is 0 Å². The smallest absolute Gasteiger partial charge is 0.327 e. The molecule has 2 atom stereocenters. The molecule has 0 spiro atoms. The number of hydrogen-bond donors (Lipinski definition) is 2. The van der Waals surface area contributed by atoms with Gasteiger partial charge >= 0.3 is 17.9 Å². The number of thioether (sulfide) groups is 1. The van der Waals surface area contributed by atoms with Crippen LogP contribution in [0.15, 0.2) is 0 Å². The topological polar surface area (TPSA) is 119 Å². The number of hydrogen-bond acceptors (Lipinski definition) is 7. The molecule has 0 aromatic carbocycles. The number of carbonyl (C=O) groups excluding carboxylic acids is 3. The quantitative estimate of drug-likeness (QED) is 0.0457. The molecule has 0 heterocycles. The predicted octanol–water partition coefficient (Wildman–Crippen LogP) is 18.1. The van der Waals surface area contributed by atoms with Crippen molar-refractivity contribution in [1.29, 1.82) is 0 Å². The Kier molecular flexibility index (Phi) is 53.1. The molecule has 0 bridgehead atoms. The molecule has 0 saturated carbocycles. The van der Waals surface area contributed by atoms with Crippen molar-refractivity contribution in [3.05, 3.63) is 0 Å². The lowest BCUT2D eigenvalue weighted by Gasteiger charge is -2.19. The number of nitrogens with one attached hydrogen (secondary N) is 1. The van der Waals surface area contributed by atoms with Gasteiger partial charge in [-0.25, -0.2) is 4.79 Å². The number of rotatable bonds is 56. The molecule has 8 nitrogen and oxygen atoms in total. The van der Waals surface area contributed by atoms with E-state index in [4.69, 9.17) is 9.47 Å². The number of unbranched alkanes of at least 4 members (excludes halogenated alkanes) is 42. The summed E-state index contributed by atoms with van der Waals surface area (Å²) in [6, 6.07) is -1.16. The number of carboxylic acid groups (broad SMARTS) is 1. The zero-order chi connectivity index (χ0) is 49.6. The molecular weight excluding hydrogens is 867 g/mol. The van der Waals surface area contributed by atoms with Gasteiger partial charge in [0.15, 0.2) is 0 Å². The average Bonchev–Trinajstić information content (AvgIpc) is 3.33. The van der Waals surface area contributed by atoms with Crippen LogP contribution in [-0.2, 0) is 28.7 Å². The summed E-state index contributed by atoms with van der Waals surface area (Å²) in [6.45, 7) is 7.39.